The normalized spacial score (nSPS) is 12.7. The molecule has 2 nitrogen and oxygen atoms in total. The Bertz CT molecular complexity index is 307. The summed E-state index contributed by atoms with van der Waals surface area (Å²) in [6.07, 6.45) is 2.08. The number of nitrogens with two attached hydrogens (primary N) is 1. The molecule has 0 saturated carbocycles. The third-order valence-corrected chi connectivity index (χ3v) is 4.03. The molecule has 0 saturated heterocycles. The van der Waals surface area contributed by atoms with E-state index in [2.05, 4.69) is 18.4 Å². The molecule has 0 aliphatic carbocycles. The van der Waals surface area contributed by atoms with E-state index in [4.69, 9.17) is 17.4 Å². The molecule has 90 valence electrons. The number of halogens is 1. The summed E-state index contributed by atoms with van der Waals surface area (Å²) in [7, 11) is 0. The number of nitrogens with one attached hydrogen (secondary N) is 1. The van der Waals surface area contributed by atoms with Gasteiger partial charge in [-0.3, -0.25) is 11.3 Å². The topological polar surface area (TPSA) is 38.0 Å². The fourth-order valence-electron chi connectivity index (χ4n) is 1.47. The van der Waals surface area contributed by atoms with Gasteiger partial charge in [-0.25, -0.2) is 0 Å². The smallest absolute Gasteiger partial charge is 0.0438 e. The van der Waals surface area contributed by atoms with Crippen molar-refractivity contribution in [2.75, 3.05) is 11.5 Å². The summed E-state index contributed by atoms with van der Waals surface area (Å²) in [5.74, 6) is 7.75. The molecular weight excluding hydrogens is 240 g/mol. The number of hydrogen-bond donors (Lipinski definition) is 2. The summed E-state index contributed by atoms with van der Waals surface area (Å²) < 4.78 is 0. The Balaban J connectivity index is 2.46. The van der Waals surface area contributed by atoms with Crippen LogP contribution in [0.4, 0.5) is 0 Å². The molecule has 1 unspecified atom stereocenters. The molecule has 0 bridgehead atoms. The van der Waals surface area contributed by atoms with Gasteiger partial charge < -0.3 is 0 Å². The Morgan fingerprint density at radius 1 is 1.44 bits per heavy atom. The van der Waals surface area contributed by atoms with Crippen molar-refractivity contribution in [1.82, 2.24) is 5.43 Å². The molecule has 1 aromatic rings. The van der Waals surface area contributed by atoms with Gasteiger partial charge in [0.05, 0.1) is 0 Å². The van der Waals surface area contributed by atoms with Crippen molar-refractivity contribution in [1.29, 1.82) is 0 Å². The van der Waals surface area contributed by atoms with Gasteiger partial charge in [-0.15, -0.1) is 0 Å². The first-order chi connectivity index (χ1) is 7.77. The van der Waals surface area contributed by atoms with Crippen LogP contribution in [0.2, 0.25) is 5.02 Å². The lowest BCUT2D eigenvalue weighted by Crippen LogP contribution is -2.38. The maximum atomic E-state index is 6.11. The van der Waals surface area contributed by atoms with Crippen molar-refractivity contribution < 1.29 is 0 Å². The van der Waals surface area contributed by atoms with E-state index in [0.29, 0.717) is 0 Å². The van der Waals surface area contributed by atoms with Crippen LogP contribution >= 0.6 is 23.4 Å². The fourth-order valence-corrected chi connectivity index (χ4v) is 2.63. The van der Waals surface area contributed by atoms with Gasteiger partial charge in [0.15, 0.2) is 0 Å². The standard InChI is InChI=1S/C12H19ClN2S/c1-2-7-16-9-11(15-14)8-10-5-3-4-6-12(10)13/h3-6,11,15H,2,7-9,14H2,1H3. The van der Waals surface area contributed by atoms with Crippen LogP contribution in [-0.4, -0.2) is 17.5 Å². The molecule has 0 radical (unpaired) electrons. The highest BCUT2D eigenvalue weighted by atomic mass is 35.5. The van der Waals surface area contributed by atoms with Crippen molar-refractivity contribution >= 4 is 23.4 Å². The zero-order valence-electron chi connectivity index (χ0n) is 9.58. The second-order valence-electron chi connectivity index (χ2n) is 3.73. The summed E-state index contributed by atoms with van der Waals surface area (Å²) in [4.78, 5) is 0. The zero-order chi connectivity index (χ0) is 11.8. The van der Waals surface area contributed by atoms with Gasteiger partial charge in [0.1, 0.15) is 0 Å². The van der Waals surface area contributed by atoms with Crippen LogP contribution < -0.4 is 11.3 Å². The van der Waals surface area contributed by atoms with Crippen molar-refractivity contribution in [2.24, 2.45) is 5.84 Å². The Morgan fingerprint density at radius 3 is 2.81 bits per heavy atom. The highest BCUT2D eigenvalue weighted by Crippen LogP contribution is 2.17. The summed E-state index contributed by atoms with van der Waals surface area (Å²) in [6, 6.07) is 8.22. The SMILES string of the molecule is CCCSCC(Cc1ccccc1Cl)NN. The molecule has 3 N–H and O–H groups in total. The lowest BCUT2D eigenvalue weighted by molar-refractivity contribution is 0.575. The van der Waals surface area contributed by atoms with E-state index in [1.165, 1.54) is 12.2 Å². The van der Waals surface area contributed by atoms with Gasteiger partial charge in [0.2, 0.25) is 0 Å². The Labute approximate surface area is 107 Å². The molecular formula is C12H19ClN2S. The molecule has 0 aromatic heterocycles. The molecule has 0 fully saturated rings. The highest BCUT2D eigenvalue weighted by Gasteiger charge is 2.09. The van der Waals surface area contributed by atoms with Gasteiger partial charge >= 0.3 is 0 Å². The average Bonchev–Trinajstić information content (AvgIpc) is 2.30. The van der Waals surface area contributed by atoms with E-state index in [1.807, 2.05) is 30.0 Å². The number of rotatable bonds is 7. The maximum Gasteiger partial charge on any atom is 0.0438 e. The molecule has 16 heavy (non-hydrogen) atoms. The first-order valence-electron chi connectivity index (χ1n) is 5.55. The maximum absolute atomic E-state index is 6.11. The second-order valence-corrected chi connectivity index (χ2v) is 5.29. The summed E-state index contributed by atoms with van der Waals surface area (Å²) in [5, 5.41) is 0.822. The lowest BCUT2D eigenvalue weighted by Gasteiger charge is -2.16. The van der Waals surface area contributed by atoms with Gasteiger partial charge in [0.25, 0.3) is 0 Å². The monoisotopic (exact) mass is 258 g/mol. The van der Waals surface area contributed by atoms with Crippen LogP contribution in [0, 0.1) is 0 Å². The quantitative estimate of drug-likeness (QED) is 0.449. The highest BCUT2D eigenvalue weighted by molar-refractivity contribution is 7.99. The third kappa shape index (κ3) is 4.74. The second kappa shape index (κ2) is 7.96. The number of thioether (sulfide) groups is 1. The van der Waals surface area contributed by atoms with Crippen LogP contribution in [0.5, 0.6) is 0 Å². The average molecular weight is 259 g/mol. The van der Waals surface area contributed by atoms with E-state index in [0.717, 1.165) is 22.8 Å². The van der Waals surface area contributed by atoms with Crippen LogP contribution in [0.25, 0.3) is 0 Å². The Morgan fingerprint density at radius 2 is 2.19 bits per heavy atom. The molecule has 0 amide bonds. The van der Waals surface area contributed by atoms with E-state index < -0.39 is 0 Å². The van der Waals surface area contributed by atoms with Gasteiger partial charge in [-0.2, -0.15) is 11.8 Å². The van der Waals surface area contributed by atoms with Crippen molar-refractivity contribution in [3.63, 3.8) is 0 Å². The van der Waals surface area contributed by atoms with Gasteiger partial charge in [-0.1, -0.05) is 36.7 Å². The predicted octanol–water partition coefficient (Wildman–Crippen LogP) is 2.86. The zero-order valence-corrected chi connectivity index (χ0v) is 11.2. The molecule has 1 aromatic carbocycles. The van der Waals surface area contributed by atoms with Crippen LogP contribution in [0.15, 0.2) is 24.3 Å². The summed E-state index contributed by atoms with van der Waals surface area (Å²) in [5.41, 5.74) is 4.01. The van der Waals surface area contributed by atoms with Crippen molar-refractivity contribution in [2.45, 2.75) is 25.8 Å². The molecule has 4 heteroatoms. The Kier molecular flexibility index (Phi) is 6.88. The first kappa shape index (κ1) is 13.8. The largest absolute Gasteiger partial charge is 0.271 e. The third-order valence-electron chi connectivity index (χ3n) is 2.33. The lowest BCUT2D eigenvalue weighted by atomic mass is 10.1. The minimum Gasteiger partial charge on any atom is -0.271 e. The number of hydrazine groups is 1. The molecule has 0 aliphatic rings. The van der Waals surface area contributed by atoms with Crippen LogP contribution in [0.3, 0.4) is 0 Å². The van der Waals surface area contributed by atoms with Crippen molar-refractivity contribution in [3.05, 3.63) is 34.9 Å². The van der Waals surface area contributed by atoms with E-state index in [-0.39, 0.29) is 6.04 Å². The number of hydrogen-bond acceptors (Lipinski definition) is 3. The van der Waals surface area contributed by atoms with Crippen LogP contribution in [-0.2, 0) is 6.42 Å². The first-order valence-corrected chi connectivity index (χ1v) is 7.08. The van der Waals surface area contributed by atoms with Gasteiger partial charge in [0, 0.05) is 16.8 Å². The van der Waals surface area contributed by atoms with E-state index in [9.17, 15) is 0 Å². The van der Waals surface area contributed by atoms with Gasteiger partial charge in [-0.05, 0) is 30.2 Å². The fraction of sp³-hybridized carbons (Fsp3) is 0.500. The minimum atomic E-state index is 0.288. The molecule has 1 rings (SSSR count). The molecule has 0 heterocycles. The summed E-state index contributed by atoms with van der Waals surface area (Å²) in [6.45, 7) is 2.19. The molecule has 1 atom stereocenters. The molecule has 0 aliphatic heterocycles. The molecule has 0 spiro atoms. The van der Waals surface area contributed by atoms with Crippen molar-refractivity contribution in [3.8, 4) is 0 Å². The minimum absolute atomic E-state index is 0.288. The van der Waals surface area contributed by atoms with E-state index in [1.54, 1.807) is 0 Å². The van der Waals surface area contributed by atoms with E-state index >= 15 is 0 Å². The van der Waals surface area contributed by atoms with Crippen LogP contribution in [0.1, 0.15) is 18.9 Å². The Hall–Kier alpha value is -0.220. The number of benzene rings is 1. The predicted molar refractivity (Wildman–Crippen MR) is 73.9 cm³/mol. The summed E-state index contributed by atoms with van der Waals surface area (Å²) >= 11 is 8.04.